The van der Waals surface area contributed by atoms with Crippen LogP contribution in [0.5, 0.6) is 0 Å². The maximum absolute atomic E-state index is 11.8. The molecule has 2 aromatic rings. The summed E-state index contributed by atoms with van der Waals surface area (Å²) in [4.78, 5) is 35.0. The van der Waals surface area contributed by atoms with Gasteiger partial charge >= 0.3 is 5.97 Å². The Kier molecular flexibility index (Phi) is 4.52. The van der Waals surface area contributed by atoms with Gasteiger partial charge in [-0.3, -0.25) is 14.9 Å². The zero-order valence-electron chi connectivity index (χ0n) is 11.4. The number of carbonyl (C=O) groups is 2. The number of benzene rings is 1. The summed E-state index contributed by atoms with van der Waals surface area (Å²) in [5, 5.41) is 21.9. The smallest absolute Gasteiger partial charge is 0.335 e. The number of H-pyrrole nitrogens is 1. The third-order valence-electron chi connectivity index (χ3n) is 3.02. The Bertz CT molecular complexity index is 706. The minimum absolute atomic E-state index is 0.118. The Morgan fingerprint density at radius 1 is 1.27 bits per heavy atom. The van der Waals surface area contributed by atoms with Gasteiger partial charge in [0.1, 0.15) is 5.69 Å². The van der Waals surface area contributed by atoms with Gasteiger partial charge in [0.05, 0.1) is 16.7 Å². The van der Waals surface area contributed by atoms with Gasteiger partial charge in [0, 0.05) is 12.6 Å². The van der Waals surface area contributed by atoms with Crippen LogP contribution in [-0.2, 0) is 6.42 Å². The van der Waals surface area contributed by atoms with Crippen molar-refractivity contribution in [2.75, 3.05) is 6.54 Å². The fraction of sp³-hybridized carbons (Fsp3) is 0.143. The number of aromatic amines is 1. The number of carboxylic acid groups (broad SMARTS) is 1. The van der Waals surface area contributed by atoms with Gasteiger partial charge in [0.25, 0.3) is 11.6 Å². The van der Waals surface area contributed by atoms with Crippen LogP contribution in [0.2, 0.25) is 0 Å². The zero-order valence-corrected chi connectivity index (χ0v) is 11.4. The lowest BCUT2D eigenvalue weighted by Gasteiger charge is -2.04. The number of hydrogen-bond donors (Lipinski definition) is 3. The maximum atomic E-state index is 11.8. The molecule has 0 saturated heterocycles. The molecule has 0 aliphatic carbocycles. The zero-order chi connectivity index (χ0) is 16.1. The number of carboxylic acids is 1. The van der Waals surface area contributed by atoms with Crippen LogP contribution in [0.25, 0.3) is 0 Å². The van der Waals surface area contributed by atoms with E-state index in [1.165, 1.54) is 12.1 Å². The maximum Gasteiger partial charge on any atom is 0.335 e. The standard InChI is InChI=1S/C14H13N3O5/c18-13(12-7-11(8-16-12)17(21)22)15-6-5-9-1-3-10(4-2-9)14(19)20/h1-4,7-8,16H,5-6H2,(H,15,18)(H,19,20). The number of nitrogens with one attached hydrogen (secondary N) is 2. The van der Waals surface area contributed by atoms with Crippen molar-refractivity contribution in [3.05, 3.63) is 63.5 Å². The Morgan fingerprint density at radius 3 is 2.50 bits per heavy atom. The molecule has 8 heteroatoms. The molecular formula is C14H13N3O5. The highest BCUT2D eigenvalue weighted by molar-refractivity contribution is 5.93. The van der Waals surface area contributed by atoms with Crippen molar-refractivity contribution >= 4 is 17.6 Å². The summed E-state index contributed by atoms with van der Waals surface area (Å²) in [6, 6.07) is 7.50. The van der Waals surface area contributed by atoms with Crippen LogP contribution in [0, 0.1) is 10.1 Å². The summed E-state index contributed by atoms with van der Waals surface area (Å²) in [5.41, 5.74) is 1.02. The molecule has 1 aromatic carbocycles. The van der Waals surface area contributed by atoms with Crippen molar-refractivity contribution in [2.45, 2.75) is 6.42 Å². The van der Waals surface area contributed by atoms with E-state index in [0.29, 0.717) is 13.0 Å². The summed E-state index contributed by atoms with van der Waals surface area (Å²) < 4.78 is 0. The molecule has 2 rings (SSSR count). The van der Waals surface area contributed by atoms with E-state index >= 15 is 0 Å². The van der Waals surface area contributed by atoms with Crippen molar-refractivity contribution in [3.63, 3.8) is 0 Å². The molecule has 0 aliphatic heterocycles. The number of amides is 1. The fourth-order valence-corrected chi connectivity index (χ4v) is 1.85. The average Bonchev–Trinajstić information content (AvgIpc) is 2.98. The first-order valence-electron chi connectivity index (χ1n) is 6.40. The van der Waals surface area contributed by atoms with E-state index in [1.807, 2.05) is 0 Å². The summed E-state index contributed by atoms with van der Waals surface area (Å²) in [7, 11) is 0. The van der Waals surface area contributed by atoms with Gasteiger partial charge in [-0.05, 0) is 24.1 Å². The topological polar surface area (TPSA) is 125 Å². The molecule has 0 unspecified atom stereocenters. The van der Waals surface area contributed by atoms with Crippen LogP contribution < -0.4 is 5.32 Å². The molecule has 0 spiro atoms. The SMILES string of the molecule is O=C(O)c1ccc(CCNC(=O)c2cc([N+](=O)[O-])c[nH]2)cc1. The first-order valence-corrected chi connectivity index (χ1v) is 6.40. The Hall–Kier alpha value is -3.16. The number of aromatic carboxylic acids is 1. The summed E-state index contributed by atoms with van der Waals surface area (Å²) >= 11 is 0. The molecular weight excluding hydrogens is 290 g/mol. The van der Waals surface area contributed by atoms with Crippen LogP contribution in [-0.4, -0.2) is 33.4 Å². The van der Waals surface area contributed by atoms with Crippen LogP contribution in [0.4, 0.5) is 5.69 Å². The van der Waals surface area contributed by atoms with E-state index in [0.717, 1.165) is 17.8 Å². The lowest BCUT2D eigenvalue weighted by Crippen LogP contribution is -2.25. The molecule has 1 heterocycles. The third kappa shape index (κ3) is 3.69. The van der Waals surface area contributed by atoms with Crippen LogP contribution in [0.1, 0.15) is 26.4 Å². The minimum Gasteiger partial charge on any atom is -0.478 e. The van der Waals surface area contributed by atoms with E-state index in [2.05, 4.69) is 10.3 Å². The summed E-state index contributed by atoms with van der Waals surface area (Å²) in [6.45, 7) is 0.331. The number of nitrogens with zero attached hydrogens (tertiary/aromatic N) is 1. The number of carbonyl (C=O) groups excluding carboxylic acids is 1. The molecule has 8 nitrogen and oxygen atoms in total. The van der Waals surface area contributed by atoms with Gasteiger partial charge in [-0.15, -0.1) is 0 Å². The average molecular weight is 303 g/mol. The number of nitro groups is 1. The largest absolute Gasteiger partial charge is 0.478 e. The summed E-state index contributed by atoms with van der Waals surface area (Å²) in [5.74, 6) is -1.43. The van der Waals surface area contributed by atoms with E-state index in [1.54, 1.807) is 12.1 Å². The first kappa shape index (κ1) is 15.2. The molecule has 1 aromatic heterocycles. The van der Waals surface area contributed by atoms with Crippen LogP contribution in [0.15, 0.2) is 36.5 Å². The van der Waals surface area contributed by atoms with E-state index < -0.39 is 16.8 Å². The van der Waals surface area contributed by atoms with E-state index in [9.17, 15) is 19.7 Å². The van der Waals surface area contributed by atoms with Gasteiger partial charge in [0.2, 0.25) is 0 Å². The second-order valence-electron chi connectivity index (χ2n) is 4.54. The lowest BCUT2D eigenvalue weighted by atomic mass is 10.1. The predicted octanol–water partition coefficient (Wildman–Crippen LogP) is 1.59. The quantitative estimate of drug-likeness (QED) is 0.552. The highest BCUT2D eigenvalue weighted by atomic mass is 16.6. The Labute approximate surface area is 124 Å². The van der Waals surface area contributed by atoms with E-state index in [-0.39, 0.29) is 16.9 Å². The second kappa shape index (κ2) is 6.53. The Morgan fingerprint density at radius 2 is 1.95 bits per heavy atom. The van der Waals surface area contributed by atoms with Crippen LogP contribution >= 0.6 is 0 Å². The van der Waals surface area contributed by atoms with Crippen molar-refractivity contribution in [2.24, 2.45) is 0 Å². The second-order valence-corrected chi connectivity index (χ2v) is 4.54. The summed E-state index contributed by atoms with van der Waals surface area (Å²) in [6.07, 6.45) is 1.67. The fourth-order valence-electron chi connectivity index (χ4n) is 1.85. The first-order chi connectivity index (χ1) is 10.5. The van der Waals surface area contributed by atoms with E-state index in [4.69, 9.17) is 5.11 Å². The molecule has 22 heavy (non-hydrogen) atoms. The van der Waals surface area contributed by atoms with Crippen molar-refractivity contribution in [1.82, 2.24) is 10.3 Å². The van der Waals surface area contributed by atoms with Gasteiger partial charge in [-0.2, -0.15) is 0 Å². The molecule has 114 valence electrons. The van der Waals surface area contributed by atoms with Gasteiger partial charge in [-0.1, -0.05) is 12.1 Å². The minimum atomic E-state index is -0.992. The third-order valence-corrected chi connectivity index (χ3v) is 3.02. The van der Waals surface area contributed by atoms with Crippen molar-refractivity contribution in [1.29, 1.82) is 0 Å². The van der Waals surface area contributed by atoms with Gasteiger partial charge in [0.15, 0.2) is 0 Å². The number of aromatic nitrogens is 1. The molecule has 3 N–H and O–H groups in total. The highest BCUT2D eigenvalue weighted by Gasteiger charge is 2.13. The molecule has 0 saturated carbocycles. The van der Waals surface area contributed by atoms with Crippen molar-refractivity contribution < 1.29 is 19.6 Å². The normalized spacial score (nSPS) is 10.2. The number of rotatable bonds is 6. The monoisotopic (exact) mass is 303 g/mol. The molecule has 0 radical (unpaired) electrons. The highest BCUT2D eigenvalue weighted by Crippen LogP contribution is 2.12. The van der Waals surface area contributed by atoms with Crippen molar-refractivity contribution in [3.8, 4) is 0 Å². The lowest BCUT2D eigenvalue weighted by molar-refractivity contribution is -0.384. The van der Waals surface area contributed by atoms with Gasteiger partial charge < -0.3 is 15.4 Å². The number of hydrogen-bond acceptors (Lipinski definition) is 4. The van der Waals surface area contributed by atoms with Gasteiger partial charge in [-0.25, -0.2) is 4.79 Å². The van der Waals surface area contributed by atoms with Crippen LogP contribution in [0.3, 0.4) is 0 Å². The molecule has 0 aliphatic rings. The molecule has 0 fully saturated rings. The molecule has 0 atom stereocenters. The Balaban J connectivity index is 1.86. The molecule has 1 amide bonds. The molecule has 0 bridgehead atoms. The predicted molar refractivity (Wildman–Crippen MR) is 76.9 cm³/mol.